The summed E-state index contributed by atoms with van der Waals surface area (Å²) < 4.78 is 5.92. The van der Waals surface area contributed by atoms with Crippen molar-refractivity contribution >= 4 is 16.8 Å². The van der Waals surface area contributed by atoms with E-state index >= 15 is 0 Å². The first-order valence-corrected chi connectivity index (χ1v) is 7.97. The Balaban J connectivity index is 1.62. The highest BCUT2D eigenvalue weighted by Crippen LogP contribution is 2.32. The number of carbonyl (C=O) groups is 1. The number of fused-ring (bicyclic) bond motifs is 1. The van der Waals surface area contributed by atoms with Gasteiger partial charge in [0, 0.05) is 28.2 Å². The van der Waals surface area contributed by atoms with Crippen molar-refractivity contribution in [1.29, 1.82) is 0 Å². The Morgan fingerprint density at radius 2 is 1.88 bits per heavy atom. The molecule has 0 radical (unpaired) electrons. The third-order valence-electron chi connectivity index (χ3n) is 4.12. The lowest BCUT2D eigenvalue weighted by molar-refractivity contribution is -0.319. The maximum atomic E-state index is 12.7. The molecule has 1 N–H and O–H groups in total. The van der Waals surface area contributed by atoms with E-state index in [4.69, 9.17) is 9.57 Å². The molecule has 0 aliphatic carbocycles. The second-order valence-corrected chi connectivity index (χ2v) is 5.91. The van der Waals surface area contributed by atoms with Crippen molar-refractivity contribution in [2.45, 2.75) is 19.3 Å². The largest absolute Gasteiger partial charge is 0.361 e. The van der Waals surface area contributed by atoms with Crippen molar-refractivity contribution in [3.05, 3.63) is 71.9 Å². The first kappa shape index (κ1) is 14.9. The molecule has 2 aromatic carbocycles. The van der Waals surface area contributed by atoms with Gasteiger partial charge in [-0.3, -0.25) is 4.79 Å². The molecule has 1 aromatic heterocycles. The number of para-hydroxylation sites is 1. The highest BCUT2D eigenvalue weighted by molar-refractivity contribution is 5.93. The van der Waals surface area contributed by atoms with Crippen LogP contribution in [0.4, 0.5) is 0 Å². The molecule has 1 fully saturated rings. The second kappa shape index (κ2) is 6.11. The zero-order chi connectivity index (χ0) is 16.5. The Morgan fingerprint density at radius 3 is 2.71 bits per heavy atom. The topological polar surface area (TPSA) is 54.6 Å². The van der Waals surface area contributed by atoms with E-state index in [1.807, 2.05) is 55.6 Å². The van der Waals surface area contributed by atoms with Gasteiger partial charge in [-0.05, 0) is 25.1 Å². The van der Waals surface area contributed by atoms with Crippen LogP contribution in [-0.2, 0) is 9.57 Å². The third-order valence-corrected chi connectivity index (χ3v) is 4.12. The molecule has 0 saturated carbocycles. The smallest absolute Gasteiger partial charge is 0.277 e. The minimum atomic E-state index is -0.613. The maximum absolute atomic E-state index is 12.7. The summed E-state index contributed by atoms with van der Waals surface area (Å²) in [5, 5.41) is 2.43. The molecule has 1 saturated heterocycles. The lowest BCUT2D eigenvalue weighted by atomic mass is 10.1. The van der Waals surface area contributed by atoms with Gasteiger partial charge in [-0.15, -0.1) is 0 Å². The number of aromatic amines is 1. The zero-order valence-electron chi connectivity index (χ0n) is 13.3. The molecule has 2 unspecified atom stereocenters. The van der Waals surface area contributed by atoms with Gasteiger partial charge in [0.2, 0.25) is 6.29 Å². The molecule has 2 heterocycles. The van der Waals surface area contributed by atoms with Gasteiger partial charge in [0.1, 0.15) is 0 Å². The summed E-state index contributed by atoms with van der Waals surface area (Å²) in [6.07, 6.45) is 1.14. The van der Waals surface area contributed by atoms with Crippen LogP contribution >= 0.6 is 0 Å². The van der Waals surface area contributed by atoms with E-state index in [1.54, 1.807) is 12.1 Å². The zero-order valence-corrected chi connectivity index (χ0v) is 13.3. The Bertz CT molecular complexity index is 859. The number of carbonyl (C=O) groups excluding carboxylic acids is 1. The first-order chi connectivity index (χ1) is 11.7. The molecule has 1 aliphatic heterocycles. The SMILES string of the molecule is CC1CN(C(=O)c2ccccc2)OC(c2c[nH]c3ccccc23)O1. The molecule has 1 amide bonds. The van der Waals surface area contributed by atoms with Gasteiger partial charge >= 0.3 is 0 Å². The summed E-state index contributed by atoms with van der Waals surface area (Å²) in [5.74, 6) is -0.157. The van der Waals surface area contributed by atoms with Crippen molar-refractivity contribution in [1.82, 2.24) is 10.0 Å². The average molecular weight is 322 g/mol. The first-order valence-electron chi connectivity index (χ1n) is 7.97. The average Bonchev–Trinajstić information content (AvgIpc) is 3.05. The van der Waals surface area contributed by atoms with Crippen LogP contribution in [0.15, 0.2) is 60.8 Å². The lowest BCUT2D eigenvalue weighted by Crippen LogP contribution is -2.44. The fourth-order valence-electron chi connectivity index (χ4n) is 2.95. The molecule has 24 heavy (non-hydrogen) atoms. The number of hydroxylamine groups is 2. The fraction of sp³-hybridized carbons (Fsp3) is 0.211. The summed E-state index contributed by atoms with van der Waals surface area (Å²) >= 11 is 0. The molecule has 2 atom stereocenters. The molecule has 5 heteroatoms. The van der Waals surface area contributed by atoms with Crippen molar-refractivity contribution < 1.29 is 14.4 Å². The van der Waals surface area contributed by atoms with Crippen LogP contribution in [-0.4, -0.2) is 28.6 Å². The van der Waals surface area contributed by atoms with E-state index < -0.39 is 6.29 Å². The monoisotopic (exact) mass is 322 g/mol. The lowest BCUT2D eigenvalue weighted by Gasteiger charge is -2.35. The number of hydrogen-bond donors (Lipinski definition) is 1. The summed E-state index contributed by atoms with van der Waals surface area (Å²) in [4.78, 5) is 21.7. The van der Waals surface area contributed by atoms with Crippen molar-refractivity contribution in [3.8, 4) is 0 Å². The number of aromatic nitrogens is 1. The number of ether oxygens (including phenoxy) is 1. The highest BCUT2D eigenvalue weighted by atomic mass is 16.8. The van der Waals surface area contributed by atoms with E-state index in [1.165, 1.54) is 5.06 Å². The standard InChI is InChI=1S/C19H18N2O3/c1-13-12-21(18(22)14-7-3-2-4-8-14)24-19(23-13)16-11-20-17-10-6-5-9-15(16)17/h2-11,13,19-20H,12H2,1H3. The number of benzene rings is 2. The second-order valence-electron chi connectivity index (χ2n) is 5.91. The summed E-state index contributed by atoms with van der Waals surface area (Å²) in [7, 11) is 0. The van der Waals surface area contributed by atoms with Gasteiger partial charge in [0.25, 0.3) is 5.91 Å². The minimum Gasteiger partial charge on any atom is -0.361 e. The van der Waals surface area contributed by atoms with Crippen LogP contribution in [0, 0.1) is 0 Å². The van der Waals surface area contributed by atoms with Gasteiger partial charge in [-0.25, -0.2) is 9.90 Å². The predicted molar refractivity (Wildman–Crippen MR) is 90.2 cm³/mol. The minimum absolute atomic E-state index is 0.120. The Kier molecular flexibility index (Phi) is 3.80. The van der Waals surface area contributed by atoms with E-state index in [0.29, 0.717) is 12.1 Å². The van der Waals surface area contributed by atoms with Crippen molar-refractivity contribution in [3.63, 3.8) is 0 Å². The highest BCUT2D eigenvalue weighted by Gasteiger charge is 2.32. The van der Waals surface area contributed by atoms with Crippen LogP contribution in [0.1, 0.15) is 29.1 Å². The normalized spacial score (nSPS) is 21.1. The van der Waals surface area contributed by atoms with Gasteiger partial charge in [-0.2, -0.15) is 0 Å². The fourth-order valence-corrected chi connectivity index (χ4v) is 2.95. The van der Waals surface area contributed by atoms with Gasteiger partial charge in [-0.1, -0.05) is 36.4 Å². The third kappa shape index (κ3) is 2.68. The Hall–Kier alpha value is -2.63. The van der Waals surface area contributed by atoms with E-state index in [0.717, 1.165) is 16.5 Å². The number of rotatable bonds is 2. The van der Waals surface area contributed by atoms with Crippen LogP contribution in [0.2, 0.25) is 0 Å². The number of hydrogen-bond acceptors (Lipinski definition) is 3. The van der Waals surface area contributed by atoms with E-state index in [-0.39, 0.29) is 12.0 Å². The van der Waals surface area contributed by atoms with Crippen LogP contribution in [0.3, 0.4) is 0 Å². The van der Waals surface area contributed by atoms with Crippen molar-refractivity contribution in [2.75, 3.05) is 6.54 Å². The summed E-state index contributed by atoms with van der Waals surface area (Å²) in [6.45, 7) is 2.34. The molecule has 4 rings (SSSR count). The van der Waals surface area contributed by atoms with Gasteiger partial charge < -0.3 is 9.72 Å². The van der Waals surface area contributed by atoms with Gasteiger partial charge in [0.15, 0.2) is 0 Å². The molecule has 0 spiro atoms. The molecular weight excluding hydrogens is 304 g/mol. The molecule has 1 aliphatic rings. The number of amides is 1. The number of nitrogens with one attached hydrogen (secondary N) is 1. The number of nitrogens with zero attached hydrogens (tertiary/aromatic N) is 1. The molecular formula is C19H18N2O3. The van der Waals surface area contributed by atoms with Crippen molar-refractivity contribution in [2.24, 2.45) is 0 Å². The van der Waals surface area contributed by atoms with E-state index in [9.17, 15) is 4.79 Å². The molecule has 5 nitrogen and oxygen atoms in total. The van der Waals surface area contributed by atoms with Crippen LogP contribution < -0.4 is 0 Å². The number of H-pyrrole nitrogens is 1. The Morgan fingerprint density at radius 1 is 1.12 bits per heavy atom. The molecule has 0 bridgehead atoms. The van der Waals surface area contributed by atoms with E-state index in [2.05, 4.69) is 4.98 Å². The maximum Gasteiger partial charge on any atom is 0.277 e. The molecule has 122 valence electrons. The summed E-state index contributed by atoms with van der Waals surface area (Å²) in [6, 6.07) is 17.1. The predicted octanol–water partition coefficient (Wildman–Crippen LogP) is 3.66. The molecule has 3 aromatic rings. The van der Waals surface area contributed by atoms with Crippen LogP contribution in [0.5, 0.6) is 0 Å². The quantitative estimate of drug-likeness (QED) is 0.783. The Labute approximate surface area is 139 Å². The summed E-state index contributed by atoms with van der Waals surface area (Å²) in [5.41, 5.74) is 2.51. The van der Waals surface area contributed by atoms with Crippen LogP contribution in [0.25, 0.3) is 10.9 Å². The van der Waals surface area contributed by atoms with Gasteiger partial charge in [0.05, 0.1) is 12.6 Å².